The SMILES string of the molecule is CCCNC(=O)c1ccc(NC2CC=CCC2)nc1. The van der Waals surface area contributed by atoms with Crippen molar-refractivity contribution in [1.29, 1.82) is 0 Å². The van der Waals surface area contributed by atoms with Gasteiger partial charge in [-0.05, 0) is 37.8 Å². The molecule has 1 aromatic heterocycles. The smallest absolute Gasteiger partial charge is 0.252 e. The molecule has 2 N–H and O–H groups in total. The molecule has 0 aliphatic heterocycles. The molecule has 1 aliphatic rings. The number of amides is 1. The van der Waals surface area contributed by atoms with E-state index in [1.165, 1.54) is 0 Å². The number of aromatic nitrogens is 1. The summed E-state index contributed by atoms with van der Waals surface area (Å²) in [5.74, 6) is 0.786. The van der Waals surface area contributed by atoms with Crippen LogP contribution in [-0.2, 0) is 0 Å². The summed E-state index contributed by atoms with van der Waals surface area (Å²) < 4.78 is 0. The van der Waals surface area contributed by atoms with Crippen molar-refractivity contribution in [1.82, 2.24) is 10.3 Å². The maximum atomic E-state index is 11.7. The summed E-state index contributed by atoms with van der Waals surface area (Å²) in [5.41, 5.74) is 0.613. The Bertz CT molecular complexity index is 439. The monoisotopic (exact) mass is 259 g/mol. The van der Waals surface area contributed by atoms with Crippen LogP contribution in [0.4, 0.5) is 5.82 Å². The molecule has 0 radical (unpaired) electrons. The van der Waals surface area contributed by atoms with Crippen molar-refractivity contribution in [2.24, 2.45) is 0 Å². The normalized spacial score (nSPS) is 18.1. The molecular weight excluding hydrogens is 238 g/mol. The van der Waals surface area contributed by atoms with Crippen LogP contribution in [0.25, 0.3) is 0 Å². The Morgan fingerprint density at radius 3 is 2.95 bits per heavy atom. The van der Waals surface area contributed by atoms with Crippen LogP contribution in [0.2, 0.25) is 0 Å². The van der Waals surface area contributed by atoms with Crippen molar-refractivity contribution in [3.8, 4) is 0 Å². The van der Waals surface area contributed by atoms with Crippen molar-refractivity contribution in [2.45, 2.75) is 38.6 Å². The highest BCUT2D eigenvalue weighted by Gasteiger charge is 2.10. The molecule has 0 aromatic carbocycles. The third kappa shape index (κ3) is 4.09. The average Bonchev–Trinajstić information content (AvgIpc) is 2.46. The number of hydrogen-bond donors (Lipinski definition) is 2. The largest absolute Gasteiger partial charge is 0.367 e. The Balaban J connectivity index is 1.90. The molecule has 0 fully saturated rings. The molecule has 0 saturated heterocycles. The molecule has 1 aliphatic carbocycles. The van der Waals surface area contributed by atoms with Crippen LogP contribution >= 0.6 is 0 Å². The first-order valence-corrected chi connectivity index (χ1v) is 6.95. The molecule has 0 bridgehead atoms. The summed E-state index contributed by atoms with van der Waals surface area (Å²) in [7, 11) is 0. The van der Waals surface area contributed by atoms with E-state index in [4.69, 9.17) is 0 Å². The van der Waals surface area contributed by atoms with E-state index < -0.39 is 0 Å². The molecule has 0 spiro atoms. The Morgan fingerprint density at radius 1 is 1.42 bits per heavy atom. The van der Waals surface area contributed by atoms with Gasteiger partial charge in [0, 0.05) is 18.8 Å². The first-order chi connectivity index (χ1) is 9.29. The highest BCUT2D eigenvalue weighted by atomic mass is 16.1. The van der Waals surface area contributed by atoms with Gasteiger partial charge >= 0.3 is 0 Å². The van der Waals surface area contributed by atoms with Crippen LogP contribution in [0.1, 0.15) is 43.0 Å². The lowest BCUT2D eigenvalue weighted by Gasteiger charge is -2.19. The molecule has 1 atom stereocenters. The second-order valence-electron chi connectivity index (χ2n) is 4.81. The topological polar surface area (TPSA) is 54.0 Å². The number of carbonyl (C=O) groups is 1. The molecule has 4 nitrogen and oxygen atoms in total. The van der Waals surface area contributed by atoms with Crippen LogP contribution in [-0.4, -0.2) is 23.5 Å². The zero-order valence-corrected chi connectivity index (χ0v) is 11.4. The van der Waals surface area contributed by atoms with Crippen LogP contribution in [0.15, 0.2) is 30.5 Å². The van der Waals surface area contributed by atoms with Gasteiger partial charge in [0.2, 0.25) is 0 Å². The number of pyridine rings is 1. The molecular formula is C15H21N3O. The predicted molar refractivity (Wildman–Crippen MR) is 77.3 cm³/mol. The maximum Gasteiger partial charge on any atom is 0.252 e. The van der Waals surface area contributed by atoms with Gasteiger partial charge in [0.25, 0.3) is 5.91 Å². The minimum absolute atomic E-state index is 0.0542. The Kier molecular flexibility index (Phi) is 4.95. The zero-order chi connectivity index (χ0) is 13.5. The van der Waals surface area contributed by atoms with E-state index in [0.29, 0.717) is 18.2 Å². The van der Waals surface area contributed by atoms with E-state index in [2.05, 4.69) is 27.8 Å². The molecule has 4 heteroatoms. The second-order valence-corrected chi connectivity index (χ2v) is 4.81. The van der Waals surface area contributed by atoms with Gasteiger partial charge in [-0.1, -0.05) is 19.1 Å². The van der Waals surface area contributed by atoms with E-state index in [0.717, 1.165) is 31.5 Å². The minimum Gasteiger partial charge on any atom is -0.367 e. The fourth-order valence-electron chi connectivity index (χ4n) is 2.09. The second kappa shape index (κ2) is 6.92. The van der Waals surface area contributed by atoms with E-state index in [1.54, 1.807) is 6.20 Å². The summed E-state index contributed by atoms with van der Waals surface area (Å²) in [6.45, 7) is 2.73. The lowest BCUT2D eigenvalue weighted by Crippen LogP contribution is -2.24. The van der Waals surface area contributed by atoms with Crippen molar-refractivity contribution in [2.75, 3.05) is 11.9 Å². The maximum absolute atomic E-state index is 11.7. The molecule has 19 heavy (non-hydrogen) atoms. The van der Waals surface area contributed by atoms with E-state index in [-0.39, 0.29) is 5.91 Å². The van der Waals surface area contributed by atoms with Gasteiger partial charge in [0.15, 0.2) is 0 Å². The van der Waals surface area contributed by atoms with Crippen LogP contribution < -0.4 is 10.6 Å². The predicted octanol–water partition coefficient (Wildman–Crippen LogP) is 2.74. The summed E-state index contributed by atoms with van der Waals surface area (Å²) in [5, 5.41) is 6.24. The van der Waals surface area contributed by atoms with Gasteiger partial charge in [-0.25, -0.2) is 4.98 Å². The van der Waals surface area contributed by atoms with E-state index >= 15 is 0 Å². The molecule has 1 heterocycles. The standard InChI is InChI=1S/C15H21N3O/c1-2-10-16-15(19)12-8-9-14(17-11-12)18-13-6-4-3-5-7-13/h3-4,8-9,11,13H,2,5-7,10H2,1H3,(H,16,19)(H,17,18). The van der Waals surface area contributed by atoms with Crippen LogP contribution in [0.3, 0.4) is 0 Å². The molecule has 102 valence electrons. The van der Waals surface area contributed by atoms with Crippen molar-refractivity contribution in [3.05, 3.63) is 36.0 Å². The molecule has 0 saturated carbocycles. The number of anilines is 1. The van der Waals surface area contributed by atoms with Crippen molar-refractivity contribution >= 4 is 11.7 Å². The third-order valence-corrected chi connectivity index (χ3v) is 3.18. The lowest BCUT2D eigenvalue weighted by molar-refractivity contribution is 0.0953. The average molecular weight is 259 g/mol. The molecule has 2 rings (SSSR count). The van der Waals surface area contributed by atoms with E-state index in [1.807, 2.05) is 19.1 Å². The Morgan fingerprint density at radius 2 is 2.32 bits per heavy atom. The number of carbonyl (C=O) groups excluding carboxylic acids is 1. The summed E-state index contributed by atoms with van der Waals surface area (Å²) >= 11 is 0. The number of rotatable bonds is 5. The molecule has 1 amide bonds. The first-order valence-electron chi connectivity index (χ1n) is 6.95. The molecule has 1 unspecified atom stereocenters. The first kappa shape index (κ1) is 13.6. The van der Waals surface area contributed by atoms with Gasteiger partial charge < -0.3 is 10.6 Å². The van der Waals surface area contributed by atoms with Gasteiger partial charge in [-0.15, -0.1) is 0 Å². The van der Waals surface area contributed by atoms with Gasteiger partial charge in [-0.3, -0.25) is 4.79 Å². The van der Waals surface area contributed by atoms with E-state index in [9.17, 15) is 4.79 Å². The van der Waals surface area contributed by atoms with Crippen LogP contribution in [0.5, 0.6) is 0 Å². The number of nitrogens with zero attached hydrogens (tertiary/aromatic N) is 1. The summed E-state index contributed by atoms with van der Waals surface area (Å²) in [6, 6.07) is 4.15. The molecule has 1 aromatic rings. The number of nitrogens with one attached hydrogen (secondary N) is 2. The van der Waals surface area contributed by atoms with Gasteiger partial charge in [-0.2, -0.15) is 0 Å². The quantitative estimate of drug-likeness (QED) is 0.799. The minimum atomic E-state index is -0.0542. The fraction of sp³-hybridized carbons (Fsp3) is 0.467. The van der Waals surface area contributed by atoms with Gasteiger partial charge in [0.1, 0.15) is 5.82 Å². The highest BCUT2D eigenvalue weighted by Crippen LogP contribution is 2.15. The number of hydrogen-bond acceptors (Lipinski definition) is 3. The fourth-order valence-corrected chi connectivity index (χ4v) is 2.09. The van der Waals surface area contributed by atoms with Crippen molar-refractivity contribution < 1.29 is 4.79 Å². The summed E-state index contributed by atoms with van der Waals surface area (Å²) in [4.78, 5) is 16.0. The zero-order valence-electron chi connectivity index (χ0n) is 11.4. The van der Waals surface area contributed by atoms with Crippen molar-refractivity contribution in [3.63, 3.8) is 0 Å². The third-order valence-electron chi connectivity index (χ3n) is 3.18. The van der Waals surface area contributed by atoms with Gasteiger partial charge in [0.05, 0.1) is 5.56 Å². The Labute approximate surface area is 114 Å². The number of allylic oxidation sites excluding steroid dienone is 1. The summed E-state index contributed by atoms with van der Waals surface area (Å²) in [6.07, 6.45) is 10.3. The lowest BCUT2D eigenvalue weighted by atomic mass is 10.0. The Hall–Kier alpha value is -1.84. The highest BCUT2D eigenvalue weighted by molar-refractivity contribution is 5.94. The van der Waals surface area contributed by atoms with Crippen LogP contribution in [0, 0.1) is 0 Å².